The second-order valence-electron chi connectivity index (χ2n) is 16.0. The molecule has 0 bridgehead atoms. The normalized spacial score (nSPS) is 18.9. The molecule has 9 nitrogen and oxygen atoms in total. The highest BCUT2D eigenvalue weighted by molar-refractivity contribution is 8.00. The first kappa shape index (κ1) is 47.2. The predicted octanol–water partition coefficient (Wildman–Crippen LogP) is 9.98. The van der Waals surface area contributed by atoms with Gasteiger partial charge in [-0.05, 0) is 74.9 Å². The van der Waals surface area contributed by atoms with E-state index in [1.54, 1.807) is 31.3 Å². The van der Waals surface area contributed by atoms with Gasteiger partial charge in [-0.3, -0.25) is 22.7 Å². The SMILES string of the molecule is CCN(SC)c1nn(CC(F)(F)F)c2c(-c3ccc(C#CC(C)(C)S(C)=O)nc3C(Cc3cc(F)cc(F)c3)NC(=O)Cn3nc(C(F)(F)F)c4c3C(F)(F)C3C4[C@H]3C)ccc(Cl)c12. The first-order valence-electron chi connectivity index (χ1n) is 19.5. The molecule has 5 aromatic rings. The molecular formula is C42H38ClF10N7O2S2. The van der Waals surface area contributed by atoms with Crippen LogP contribution in [0.3, 0.4) is 0 Å². The Morgan fingerprint density at radius 1 is 1.03 bits per heavy atom. The van der Waals surface area contributed by atoms with Crippen molar-refractivity contribution in [2.45, 2.75) is 82.2 Å². The lowest BCUT2D eigenvalue weighted by Crippen LogP contribution is -2.35. The number of hydrogen-bond acceptors (Lipinski definition) is 7. The maximum Gasteiger partial charge on any atom is 0.435 e. The summed E-state index contributed by atoms with van der Waals surface area (Å²) in [5.74, 6) is -4.59. The number of anilines is 1. The van der Waals surface area contributed by atoms with E-state index < -0.39 is 112 Å². The van der Waals surface area contributed by atoms with Crippen molar-refractivity contribution >= 4 is 57.0 Å². The number of pyridine rings is 1. The van der Waals surface area contributed by atoms with Gasteiger partial charge in [-0.25, -0.2) is 13.8 Å². The van der Waals surface area contributed by atoms with Crippen LogP contribution in [0.2, 0.25) is 5.02 Å². The Morgan fingerprint density at radius 3 is 2.28 bits per heavy atom. The smallest absolute Gasteiger partial charge is 0.346 e. The average molecular weight is 962 g/mol. The zero-order valence-electron chi connectivity index (χ0n) is 34.7. The van der Waals surface area contributed by atoms with Gasteiger partial charge < -0.3 is 5.32 Å². The number of hydrogen-bond donors (Lipinski definition) is 1. The number of amides is 1. The summed E-state index contributed by atoms with van der Waals surface area (Å²) in [4.78, 5) is 18.8. The van der Waals surface area contributed by atoms with Crippen molar-refractivity contribution in [3.63, 3.8) is 0 Å². The van der Waals surface area contributed by atoms with Gasteiger partial charge in [0.15, 0.2) is 11.5 Å². The van der Waals surface area contributed by atoms with Crippen LogP contribution in [0.4, 0.5) is 49.7 Å². The molecule has 1 fully saturated rings. The molecule has 5 atom stereocenters. The summed E-state index contributed by atoms with van der Waals surface area (Å²) in [7, 11) is -1.48. The summed E-state index contributed by atoms with van der Waals surface area (Å²) in [5.41, 5.74) is -3.64. The summed E-state index contributed by atoms with van der Waals surface area (Å²) in [5, 5.41) is 10.5. The molecule has 1 N–H and O–H groups in total. The summed E-state index contributed by atoms with van der Waals surface area (Å²) < 4.78 is 161. The lowest BCUT2D eigenvalue weighted by atomic mass is 9.93. The predicted molar refractivity (Wildman–Crippen MR) is 223 cm³/mol. The number of nitrogens with one attached hydrogen (secondary N) is 1. The van der Waals surface area contributed by atoms with Crippen molar-refractivity contribution in [2.75, 3.05) is 23.4 Å². The van der Waals surface area contributed by atoms with Gasteiger partial charge in [0.2, 0.25) is 5.91 Å². The van der Waals surface area contributed by atoms with Crippen molar-refractivity contribution in [1.82, 2.24) is 29.9 Å². The van der Waals surface area contributed by atoms with Gasteiger partial charge in [0.05, 0.1) is 27.7 Å². The van der Waals surface area contributed by atoms with Gasteiger partial charge in [-0.15, -0.1) is 0 Å². The van der Waals surface area contributed by atoms with E-state index in [0.29, 0.717) is 15.4 Å². The Morgan fingerprint density at radius 2 is 1.69 bits per heavy atom. The van der Waals surface area contributed by atoms with E-state index in [1.807, 2.05) is 0 Å². The van der Waals surface area contributed by atoms with Crippen LogP contribution in [0.25, 0.3) is 22.0 Å². The third kappa shape index (κ3) is 8.93. The fraction of sp³-hybridized carbons (Fsp3) is 0.429. The zero-order chi connectivity index (χ0) is 47.0. The lowest BCUT2D eigenvalue weighted by molar-refractivity contribution is -0.143. The topological polar surface area (TPSA) is 97.9 Å². The van der Waals surface area contributed by atoms with E-state index in [9.17, 15) is 44.1 Å². The molecule has 2 aliphatic carbocycles. The standard InChI is InChI=1S/C42H38ClF10N7O2S2/c1-7-60(63-5)38-31-27(43)11-10-26(35(31)59(57-38)19-40(46,47)48)25-9-8-24(12-13-39(3,4)64(6)62)54-34(25)28(16-21-14-22(44)17-23(45)15-21)55-29(61)18-58-37-32(36(56-58)42(51,52)53)30-20(2)33(30)41(37,49)50/h8-11,14-15,17,20,28,30,33H,7,16,18-19H2,1-6H3,(H,55,61)/t20-,28?,30?,33?,64?/m1/s1. The molecule has 22 heteroatoms. The first-order chi connectivity index (χ1) is 29.8. The lowest BCUT2D eigenvalue weighted by Gasteiger charge is -2.23. The molecule has 342 valence electrons. The molecule has 3 heterocycles. The first-order valence-corrected chi connectivity index (χ1v) is 22.6. The fourth-order valence-electron chi connectivity index (χ4n) is 8.27. The van der Waals surface area contributed by atoms with E-state index in [1.165, 1.54) is 49.4 Å². The summed E-state index contributed by atoms with van der Waals surface area (Å²) in [6.07, 6.45) is -7.35. The molecule has 1 amide bonds. The van der Waals surface area contributed by atoms with Gasteiger partial charge in [-0.1, -0.05) is 42.5 Å². The van der Waals surface area contributed by atoms with Crippen molar-refractivity contribution < 1.29 is 52.9 Å². The molecule has 7 rings (SSSR count). The number of halogens is 11. The van der Waals surface area contributed by atoms with Gasteiger partial charge in [-0.2, -0.15) is 45.3 Å². The van der Waals surface area contributed by atoms with Crippen molar-refractivity contribution in [3.8, 4) is 23.0 Å². The second kappa shape index (κ2) is 16.9. The highest BCUT2D eigenvalue weighted by Crippen LogP contribution is 2.71. The Labute approximate surface area is 371 Å². The zero-order valence-corrected chi connectivity index (χ0v) is 37.0. The molecule has 2 aliphatic rings. The van der Waals surface area contributed by atoms with Gasteiger partial charge in [0, 0.05) is 64.4 Å². The van der Waals surface area contributed by atoms with E-state index in [4.69, 9.17) is 16.6 Å². The number of fused-ring (bicyclic) bond motifs is 4. The number of carbonyl (C=O) groups is 1. The van der Waals surface area contributed by atoms with Crippen LogP contribution < -0.4 is 9.62 Å². The molecule has 3 aromatic heterocycles. The molecule has 1 saturated carbocycles. The number of alkyl halides is 8. The molecule has 0 aliphatic heterocycles. The molecule has 4 unspecified atom stereocenters. The summed E-state index contributed by atoms with van der Waals surface area (Å²) in [6.45, 7) is 3.86. The van der Waals surface area contributed by atoms with Crippen LogP contribution in [-0.4, -0.2) is 64.6 Å². The number of nitrogens with zero attached hydrogens (tertiary/aromatic N) is 6. The van der Waals surface area contributed by atoms with Crippen molar-refractivity contribution in [2.24, 2.45) is 11.8 Å². The molecule has 2 aromatic carbocycles. The molecule has 0 saturated heterocycles. The van der Waals surface area contributed by atoms with E-state index >= 15 is 8.78 Å². The minimum absolute atomic E-state index is 0.0229. The maximum absolute atomic E-state index is 15.7. The van der Waals surface area contributed by atoms with E-state index in [2.05, 4.69) is 27.4 Å². The third-order valence-corrected chi connectivity index (χ3v) is 14.1. The van der Waals surface area contributed by atoms with Gasteiger partial charge in [0.1, 0.15) is 40.9 Å². The van der Waals surface area contributed by atoms with Crippen LogP contribution in [-0.2, 0) is 47.2 Å². The minimum Gasteiger partial charge on any atom is -0.346 e. The highest BCUT2D eigenvalue weighted by atomic mass is 35.5. The van der Waals surface area contributed by atoms with Gasteiger partial charge in [0.25, 0.3) is 5.92 Å². The summed E-state index contributed by atoms with van der Waals surface area (Å²) in [6, 6.07) is 6.50. The Kier molecular flexibility index (Phi) is 12.4. The summed E-state index contributed by atoms with van der Waals surface area (Å²) >= 11 is 7.87. The van der Waals surface area contributed by atoms with Crippen LogP contribution in [0.5, 0.6) is 0 Å². The minimum atomic E-state index is -5.14. The molecule has 0 spiro atoms. The third-order valence-electron chi connectivity index (χ3n) is 11.3. The van der Waals surface area contributed by atoms with Crippen LogP contribution in [0, 0.1) is 35.3 Å². The van der Waals surface area contributed by atoms with Crippen LogP contribution in [0.15, 0.2) is 42.5 Å². The van der Waals surface area contributed by atoms with Crippen molar-refractivity contribution in [1.29, 1.82) is 0 Å². The largest absolute Gasteiger partial charge is 0.435 e. The molecule has 64 heavy (non-hydrogen) atoms. The van der Waals surface area contributed by atoms with Crippen molar-refractivity contribution in [3.05, 3.63) is 93.0 Å². The maximum atomic E-state index is 15.7. The van der Waals surface area contributed by atoms with E-state index in [0.717, 1.165) is 12.1 Å². The monoisotopic (exact) mass is 961 g/mol. The Balaban J connectivity index is 1.44. The number of carbonyl (C=O) groups excluding carboxylic acids is 1. The van der Waals surface area contributed by atoms with Crippen LogP contribution in [0.1, 0.15) is 73.6 Å². The number of benzene rings is 2. The van der Waals surface area contributed by atoms with Gasteiger partial charge >= 0.3 is 12.4 Å². The second-order valence-corrected chi connectivity index (χ2v) is 19.2. The van der Waals surface area contributed by atoms with E-state index in [-0.39, 0.29) is 56.4 Å². The Bertz CT molecular complexity index is 2740. The highest BCUT2D eigenvalue weighted by Gasteiger charge is 2.72. The quantitative estimate of drug-likeness (QED) is 0.0756. The fourth-order valence-corrected chi connectivity index (χ4v) is 9.26. The number of rotatable bonds is 12. The van der Waals surface area contributed by atoms with Crippen LogP contribution >= 0.6 is 23.5 Å². The number of aromatic nitrogens is 5. The Hall–Kier alpha value is -4.81. The molecule has 0 radical (unpaired) electrons. The molecular weight excluding hydrogens is 924 g/mol. The average Bonchev–Trinajstić information content (AvgIpc) is 3.40.